The molecule has 0 aliphatic heterocycles. The molecule has 7 heteroatoms. The Bertz CT molecular complexity index is 964. The molecule has 1 unspecified atom stereocenters. The number of rotatable bonds is 5. The number of benzene rings is 3. The van der Waals surface area contributed by atoms with E-state index in [0.717, 1.165) is 0 Å². The van der Waals surface area contributed by atoms with Crippen LogP contribution in [0.2, 0.25) is 15.1 Å². The van der Waals surface area contributed by atoms with Gasteiger partial charge in [0.15, 0.2) is 0 Å². The second kappa shape index (κ2) is 9.30. The van der Waals surface area contributed by atoms with E-state index in [1.54, 1.807) is 72.8 Å². The highest BCUT2D eigenvalue weighted by Gasteiger charge is 2.21. The predicted octanol–water partition coefficient (Wildman–Crippen LogP) is 6.42. The van der Waals surface area contributed by atoms with Crippen molar-refractivity contribution in [2.75, 3.05) is 16.8 Å². The van der Waals surface area contributed by atoms with Crippen LogP contribution >= 0.6 is 34.8 Å². The fourth-order valence-electron chi connectivity index (χ4n) is 2.67. The normalized spacial score (nSPS) is 11.7. The van der Waals surface area contributed by atoms with Crippen LogP contribution in [-0.2, 0) is 0 Å². The molecule has 0 spiro atoms. The van der Waals surface area contributed by atoms with Gasteiger partial charge in [0.2, 0.25) is 0 Å². The van der Waals surface area contributed by atoms with Crippen molar-refractivity contribution in [3.8, 4) is 0 Å². The summed E-state index contributed by atoms with van der Waals surface area (Å²) in [5.41, 5.74) is 1.75. The standard InChI is InChI=1S/C21H17Cl3N2O2/c22-15-7-9-18(10-8-15)25-21(28)26(19-6-2-5-17(24)12-19)13-20(27)14-3-1-4-16(23)11-14/h1-12,20,27H,13H2,(H,25,28). The average molecular weight is 436 g/mol. The predicted molar refractivity (Wildman–Crippen MR) is 116 cm³/mol. The smallest absolute Gasteiger partial charge is 0.326 e. The van der Waals surface area contributed by atoms with E-state index in [-0.39, 0.29) is 6.54 Å². The summed E-state index contributed by atoms with van der Waals surface area (Å²) in [7, 11) is 0. The van der Waals surface area contributed by atoms with Crippen LogP contribution in [0.1, 0.15) is 11.7 Å². The lowest BCUT2D eigenvalue weighted by molar-refractivity contribution is 0.183. The molecule has 3 aromatic rings. The summed E-state index contributed by atoms with van der Waals surface area (Å²) in [6.07, 6.45) is -0.936. The van der Waals surface area contributed by atoms with Crippen molar-refractivity contribution in [1.29, 1.82) is 0 Å². The van der Waals surface area contributed by atoms with Gasteiger partial charge in [-0.2, -0.15) is 0 Å². The van der Waals surface area contributed by atoms with E-state index >= 15 is 0 Å². The summed E-state index contributed by atoms with van der Waals surface area (Å²) in [5, 5.41) is 15.0. The fourth-order valence-corrected chi connectivity index (χ4v) is 3.18. The summed E-state index contributed by atoms with van der Waals surface area (Å²) in [6, 6.07) is 20.1. The SMILES string of the molecule is O=C(Nc1ccc(Cl)cc1)N(CC(O)c1cccc(Cl)c1)c1cccc(Cl)c1. The molecule has 144 valence electrons. The number of amides is 2. The molecule has 1 atom stereocenters. The quantitative estimate of drug-likeness (QED) is 0.486. The molecule has 3 rings (SSSR count). The van der Waals surface area contributed by atoms with Crippen molar-refractivity contribution in [2.45, 2.75) is 6.10 Å². The maximum atomic E-state index is 12.9. The molecule has 0 aliphatic rings. The lowest BCUT2D eigenvalue weighted by Crippen LogP contribution is -2.38. The van der Waals surface area contributed by atoms with Crippen molar-refractivity contribution in [2.24, 2.45) is 0 Å². The molecule has 0 aromatic heterocycles. The lowest BCUT2D eigenvalue weighted by atomic mass is 10.1. The van der Waals surface area contributed by atoms with Gasteiger partial charge in [-0.15, -0.1) is 0 Å². The number of urea groups is 1. The number of hydrogen-bond acceptors (Lipinski definition) is 2. The molecule has 2 amide bonds. The van der Waals surface area contributed by atoms with Gasteiger partial charge < -0.3 is 10.4 Å². The molecular weight excluding hydrogens is 419 g/mol. The summed E-state index contributed by atoms with van der Waals surface area (Å²) in [5.74, 6) is 0. The van der Waals surface area contributed by atoms with Crippen LogP contribution in [0.25, 0.3) is 0 Å². The van der Waals surface area contributed by atoms with Crippen molar-refractivity contribution in [3.63, 3.8) is 0 Å². The fraction of sp³-hybridized carbons (Fsp3) is 0.0952. The number of carbonyl (C=O) groups excluding carboxylic acids is 1. The second-order valence-electron chi connectivity index (χ2n) is 6.10. The van der Waals surface area contributed by atoms with Crippen molar-refractivity contribution < 1.29 is 9.90 Å². The Morgan fingerprint density at radius 3 is 2.18 bits per heavy atom. The monoisotopic (exact) mass is 434 g/mol. The van der Waals surface area contributed by atoms with Crippen molar-refractivity contribution >= 4 is 52.2 Å². The van der Waals surface area contributed by atoms with Gasteiger partial charge in [0, 0.05) is 26.4 Å². The highest BCUT2D eigenvalue weighted by Crippen LogP contribution is 2.25. The highest BCUT2D eigenvalue weighted by atomic mass is 35.5. The van der Waals surface area contributed by atoms with Gasteiger partial charge in [-0.25, -0.2) is 4.79 Å². The van der Waals surface area contributed by atoms with Gasteiger partial charge in [-0.05, 0) is 60.2 Å². The van der Waals surface area contributed by atoms with Crippen LogP contribution in [0.4, 0.5) is 16.2 Å². The largest absolute Gasteiger partial charge is 0.387 e. The molecular formula is C21H17Cl3N2O2. The Hall–Kier alpha value is -2.24. The van der Waals surface area contributed by atoms with E-state index in [1.165, 1.54) is 4.90 Å². The van der Waals surface area contributed by atoms with Crippen LogP contribution in [0.3, 0.4) is 0 Å². The van der Waals surface area contributed by atoms with E-state index < -0.39 is 12.1 Å². The number of carbonyl (C=O) groups is 1. The van der Waals surface area contributed by atoms with Gasteiger partial charge in [-0.3, -0.25) is 4.90 Å². The zero-order valence-corrected chi connectivity index (χ0v) is 16.9. The van der Waals surface area contributed by atoms with Crippen molar-refractivity contribution in [1.82, 2.24) is 0 Å². The van der Waals surface area contributed by atoms with Crippen LogP contribution < -0.4 is 10.2 Å². The van der Waals surface area contributed by atoms with E-state index in [4.69, 9.17) is 34.8 Å². The number of aliphatic hydroxyl groups is 1. The van der Waals surface area contributed by atoms with E-state index in [2.05, 4.69) is 5.32 Å². The number of nitrogens with one attached hydrogen (secondary N) is 1. The number of aliphatic hydroxyl groups excluding tert-OH is 1. The Kier molecular flexibility index (Phi) is 6.81. The summed E-state index contributed by atoms with van der Waals surface area (Å²) < 4.78 is 0. The van der Waals surface area contributed by atoms with Crippen LogP contribution in [-0.4, -0.2) is 17.7 Å². The molecule has 4 nitrogen and oxygen atoms in total. The maximum Gasteiger partial charge on any atom is 0.326 e. The molecule has 3 aromatic carbocycles. The molecule has 0 heterocycles. The average Bonchev–Trinajstić information content (AvgIpc) is 2.67. The van der Waals surface area contributed by atoms with Crippen LogP contribution in [0.15, 0.2) is 72.8 Å². The van der Waals surface area contributed by atoms with Gasteiger partial charge in [0.1, 0.15) is 0 Å². The van der Waals surface area contributed by atoms with E-state index in [1.807, 2.05) is 0 Å². The van der Waals surface area contributed by atoms with Gasteiger partial charge in [-0.1, -0.05) is 53.0 Å². The summed E-state index contributed by atoms with van der Waals surface area (Å²) in [6.45, 7) is 0.0140. The first kappa shape index (κ1) is 20.5. The molecule has 28 heavy (non-hydrogen) atoms. The van der Waals surface area contributed by atoms with E-state index in [9.17, 15) is 9.90 Å². The third kappa shape index (κ3) is 5.40. The molecule has 0 saturated heterocycles. The minimum absolute atomic E-state index is 0.0140. The van der Waals surface area contributed by atoms with Gasteiger partial charge >= 0.3 is 6.03 Å². The highest BCUT2D eigenvalue weighted by molar-refractivity contribution is 6.31. The zero-order valence-electron chi connectivity index (χ0n) is 14.6. The topological polar surface area (TPSA) is 52.6 Å². The number of hydrogen-bond donors (Lipinski definition) is 2. The van der Waals surface area contributed by atoms with Gasteiger partial charge in [0.25, 0.3) is 0 Å². The Balaban J connectivity index is 1.86. The third-order valence-corrected chi connectivity index (χ3v) is 4.77. The molecule has 0 radical (unpaired) electrons. The minimum atomic E-state index is -0.936. The van der Waals surface area contributed by atoms with E-state index in [0.29, 0.717) is 32.0 Å². The second-order valence-corrected chi connectivity index (χ2v) is 7.41. The molecule has 0 saturated carbocycles. The molecule has 0 fully saturated rings. The van der Waals surface area contributed by atoms with Crippen LogP contribution in [0.5, 0.6) is 0 Å². The number of nitrogens with zero attached hydrogens (tertiary/aromatic N) is 1. The molecule has 0 aliphatic carbocycles. The third-order valence-electron chi connectivity index (χ3n) is 4.05. The number of anilines is 2. The van der Waals surface area contributed by atoms with Crippen LogP contribution in [0, 0.1) is 0 Å². The summed E-state index contributed by atoms with van der Waals surface area (Å²) in [4.78, 5) is 14.4. The first-order valence-electron chi connectivity index (χ1n) is 8.45. The number of halogens is 3. The zero-order chi connectivity index (χ0) is 20.1. The first-order chi connectivity index (χ1) is 13.4. The lowest BCUT2D eigenvalue weighted by Gasteiger charge is -2.26. The molecule has 0 bridgehead atoms. The maximum absolute atomic E-state index is 12.9. The van der Waals surface area contributed by atoms with Gasteiger partial charge in [0.05, 0.1) is 12.6 Å². The minimum Gasteiger partial charge on any atom is -0.387 e. The molecule has 2 N–H and O–H groups in total. The Morgan fingerprint density at radius 2 is 1.54 bits per heavy atom. The summed E-state index contributed by atoms with van der Waals surface area (Å²) >= 11 is 18.0. The van der Waals surface area contributed by atoms with Crippen molar-refractivity contribution in [3.05, 3.63) is 93.4 Å². The Morgan fingerprint density at radius 1 is 0.893 bits per heavy atom. The Labute approximate surface area is 178 Å². The first-order valence-corrected chi connectivity index (χ1v) is 9.59.